The fraction of sp³-hybridized carbons (Fsp3) is 0.462. The van der Waals surface area contributed by atoms with Gasteiger partial charge in [-0.1, -0.05) is 0 Å². The molecule has 1 atom stereocenters. The molecule has 0 bridgehead atoms. The van der Waals surface area contributed by atoms with Crippen LogP contribution in [-0.2, 0) is 4.74 Å². The predicted octanol–water partition coefficient (Wildman–Crippen LogP) is 2.31. The third kappa shape index (κ3) is 2.84. The van der Waals surface area contributed by atoms with Gasteiger partial charge in [0.25, 0.3) is 0 Å². The van der Waals surface area contributed by atoms with Crippen LogP contribution in [0.1, 0.15) is 18.6 Å². The zero-order valence-corrected chi connectivity index (χ0v) is 11.0. The van der Waals surface area contributed by atoms with Gasteiger partial charge in [0.15, 0.2) is 6.10 Å². The van der Waals surface area contributed by atoms with Crippen LogP contribution in [0.2, 0.25) is 0 Å². The lowest BCUT2D eigenvalue weighted by Gasteiger charge is -2.18. The average molecular weight is 251 g/mol. The molecule has 0 aliphatic rings. The van der Waals surface area contributed by atoms with Gasteiger partial charge in [0.1, 0.15) is 17.2 Å². The van der Waals surface area contributed by atoms with Gasteiger partial charge >= 0.3 is 0 Å². The van der Waals surface area contributed by atoms with E-state index in [4.69, 9.17) is 24.2 Å². The molecule has 18 heavy (non-hydrogen) atoms. The number of nitrogens with zero attached hydrogens (tertiary/aromatic N) is 1. The van der Waals surface area contributed by atoms with E-state index in [2.05, 4.69) is 6.07 Å². The summed E-state index contributed by atoms with van der Waals surface area (Å²) in [4.78, 5) is 0. The Morgan fingerprint density at radius 2 is 1.67 bits per heavy atom. The number of hydrogen-bond donors (Lipinski definition) is 0. The van der Waals surface area contributed by atoms with Crippen LogP contribution in [0.15, 0.2) is 12.1 Å². The lowest BCUT2D eigenvalue weighted by Crippen LogP contribution is -2.06. The zero-order chi connectivity index (χ0) is 13.5. The lowest BCUT2D eigenvalue weighted by atomic mass is 10.1. The Bertz CT molecular complexity index is 414. The summed E-state index contributed by atoms with van der Waals surface area (Å²) in [6.07, 6.45) is -0.731. The monoisotopic (exact) mass is 251 g/mol. The molecular weight excluding hydrogens is 234 g/mol. The highest BCUT2D eigenvalue weighted by molar-refractivity contribution is 5.53. The van der Waals surface area contributed by atoms with Crippen molar-refractivity contribution in [1.29, 1.82) is 5.26 Å². The van der Waals surface area contributed by atoms with Crippen LogP contribution in [0, 0.1) is 11.3 Å². The first kappa shape index (κ1) is 14.1. The molecule has 0 radical (unpaired) electrons. The van der Waals surface area contributed by atoms with Crippen LogP contribution in [0.4, 0.5) is 0 Å². The first-order valence-corrected chi connectivity index (χ1v) is 5.52. The minimum absolute atomic E-state index is 0.427. The summed E-state index contributed by atoms with van der Waals surface area (Å²) in [5, 5.41) is 9.16. The summed E-state index contributed by atoms with van der Waals surface area (Å²) in [5.41, 5.74) is 0.574. The highest BCUT2D eigenvalue weighted by Gasteiger charge is 2.22. The van der Waals surface area contributed by atoms with E-state index in [0.717, 1.165) is 0 Å². The van der Waals surface area contributed by atoms with Crippen molar-refractivity contribution in [1.82, 2.24) is 0 Å². The second-order valence-corrected chi connectivity index (χ2v) is 3.41. The average Bonchev–Trinajstić information content (AvgIpc) is 2.43. The van der Waals surface area contributed by atoms with Crippen molar-refractivity contribution in [3.05, 3.63) is 17.7 Å². The molecule has 0 amide bonds. The fourth-order valence-corrected chi connectivity index (χ4v) is 1.64. The van der Waals surface area contributed by atoms with Gasteiger partial charge in [-0.2, -0.15) is 5.26 Å². The molecule has 0 saturated heterocycles. The summed E-state index contributed by atoms with van der Waals surface area (Å²) in [6.45, 7) is 2.25. The molecule has 0 N–H and O–H groups in total. The Morgan fingerprint density at radius 3 is 2.00 bits per heavy atom. The van der Waals surface area contributed by atoms with Crippen LogP contribution in [0.25, 0.3) is 0 Å². The largest absolute Gasteiger partial charge is 0.496 e. The van der Waals surface area contributed by atoms with Gasteiger partial charge in [-0.25, -0.2) is 0 Å². The van der Waals surface area contributed by atoms with E-state index < -0.39 is 6.10 Å². The highest BCUT2D eigenvalue weighted by Crippen LogP contribution is 2.39. The molecule has 1 rings (SSSR count). The fourth-order valence-electron chi connectivity index (χ4n) is 1.64. The molecule has 0 aliphatic heterocycles. The Labute approximate surface area is 107 Å². The number of rotatable bonds is 6. The molecule has 1 unspecified atom stereocenters. The number of methoxy groups -OCH3 is 3. The normalized spacial score (nSPS) is 11.5. The van der Waals surface area contributed by atoms with Crippen molar-refractivity contribution in [2.75, 3.05) is 27.9 Å². The maximum Gasteiger partial charge on any atom is 0.176 e. The standard InChI is InChI=1S/C13H17NO4/c1-5-18-12(8-14)13-10(16-3)6-9(15-2)7-11(13)17-4/h6-7,12H,5H2,1-4H3. The number of benzene rings is 1. The Kier molecular flexibility index (Phi) is 5.28. The Hall–Kier alpha value is -1.93. The molecule has 0 spiro atoms. The lowest BCUT2D eigenvalue weighted by molar-refractivity contribution is 0.0977. The molecule has 1 aromatic rings. The van der Waals surface area contributed by atoms with Crippen LogP contribution < -0.4 is 14.2 Å². The van der Waals surface area contributed by atoms with Gasteiger partial charge in [0.2, 0.25) is 0 Å². The summed E-state index contributed by atoms with van der Waals surface area (Å²) < 4.78 is 21.1. The van der Waals surface area contributed by atoms with Gasteiger partial charge in [0.05, 0.1) is 33.0 Å². The van der Waals surface area contributed by atoms with Gasteiger partial charge in [0, 0.05) is 18.7 Å². The van der Waals surface area contributed by atoms with Crippen LogP contribution in [0.5, 0.6) is 17.2 Å². The molecule has 0 fully saturated rings. The van der Waals surface area contributed by atoms with E-state index in [0.29, 0.717) is 29.4 Å². The van der Waals surface area contributed by atoms with E-state index >= 15 is 0 Å². The van der Waals surface area contributed by atoms with E-state index in [-0.39, 0.29) is 0 Å². The van der Waals surface area contributed by atoms with E-state index in [1.807, 2.05) is 6.92 Å². The third-order valence-corrected chi connectivity index (χ3v) is 2.47. The van der Waals surface area contributed by atoms with Gasteiger partial charge < -0.3 is 18.9 Å². The number of hydrogen-bond acceptors (Lipinski definition) is 5. The molecule has 0 aliphatic carbocycles. The molecule has 98 valence electrons. The Morgan fingerprint density at radius 1 is 1.11 bits per heavy atom. The SMILES string of the molecule is CCOC(C#N)c1c(OC)cc(OC)cc1OC. The van der Waals surface area contributed by atoms with Crippen molar-refractivity contribution < 1.29 is 18.9 Å². The number of nitriles is 1. The zero-order valence-electron chi connectivity index (χ0n) is 11.0. The summed E-state index contributed by atoms with van der Waals surface area (Å²) >= 11 is 0. The quantitative estimate of drug-likeness (QED) is 0.776. The van der Waals surface area contributed by atoms with Gasteiger partial charge in [-0.3, -0.25) is 0 Å². The molecule has 5 heteroatoms. The van der Waals surface area contributed by atoms with Crippen molar-refractivity contribution in [3.63, 3.8) is 0 Å². The minimum Gasteiger partial charge on any atom is -0.496 e. The van der Waals surface area contributed by atoms with Crippen LogP contribution >= 0.6 is 0 Å². The molecule has 1 aromatic carbocycles. The maximum atomic E-state index is 9.16. The van der Waals surface area contributed by atoms with Gasteiger partial charge in [-0.15, -0.1) is 0 Å². The summed E-state index contributed by atoms with van der Waals surface area (Å²) in [5.74, 6) is 1.61. The Balaban J connectivity index is 3.34. The topological polar surface area (TPSA) is 60.7 Å². The number of ether oxygens (including phenoxy) is 4. The third-order valence-electron chi connectivity index (χ3n) is 2.47. The smallest absolute Gasteiger partial charge is 0.176 e. The second-order valence-electron chi connectivity index (χ2n) is 3.41. The van der Waals surface area contributed by atoms with Crippen molar-refractivity contribution >= 4 is 0 Å². The first-order valence-electron chi connectivity index (χ1n) is 5.52. The first-order chi connectivity index (χ1) is 8.71. The molecule has 0 saturated carbocycles. The van der Waals surface area contributed by atoms with E-state index in [1.54, 1.807) is 19.2 Å². The second kappa shape index (κ2) is 6.72. The van der Waals surface area contributed by atoms with Crippen molar-refractivity contribution in [2.45, 2.75) is 13.0 Å². The molecule has 0 heterocycles. The minimum atomic E-state index is -0.731. The van der Waals surface area contributed by atoms with E-state index in [1.165, 1.54) is 14.2 Å². The van der Waals surface area contributed by atoms with Crippen molar-refractivity contribution in [3.8, 4) is 23.3 Å². The van der Waals surface area contributed by atoms with E-state index in [9.17, 15) is 0 Å². The predicted molar refractivity (Wildman–Crippen MR) is 66.1 cm³/mol. The molecule has 5 nitrogen and oxygen atoms in total. The molecular formula is C13H17NO4. The summed E-state index contributed by atoms with van der Waals surface area (Å²) in [6, 6.07) is 5.47. The van der Waals surface area contributed by atoms with Crippen molar-refractivity contribution in [2.24, 2.45) is 0 Å². The highest BCUT2D eigenvalue weighted by atomic mass is 16.5. The van der Waals surface area contributed by atoms with Crippen LogP contribution in [-0.4, -0.2) is 27.9 Å². The maximum absolute atomic E-state index is 9.16. The molecule has 0 aromatic heterocycles. The van der Waals surface area contributed by atoms with Crippen LogP contribution in [0.3, 0.4) is 0 Å². The van der Waals surface area contributed by atoms with Gasteiger partial charge in [-0.05, 0) is 6.92 Å². The summed E-state index contributed by atoms with van der Waals surface area (Å²) in [7, 11) is 4.61.